The van der Waals surface area contributed by atoms with Crippen molar-refractivity contribution in [1.29, 1.82) is 0 Å². The normalized spacial score (nSPS) is 17.4. The molecule has 2 aromatic heterocycles. The van der Waals surface area contributed by atoms with Crippen molar-refractivity contribution in [3.05, 3.63) is 59.3 Å². The van der Waals surface area contributed by atoms with Crippen molar-refractivity contribution in [3.8, 4) is 0 Å². The summed E-state index contributed by atoms with van der Waals surface area (Å²) in [6, 6.07) is 5.03. The predicted octanol–water partition coefficient (Wildman–Crippen LogP) is 2.88. The molecule has 1 saturated heterocycles. The van der Waals surface area contributed by atoms with Crippen molar-refractivity contribution in [2.45, 2.75) is 25.6 Å². The molecule has 0 saturated carbocycles. The van der Waals surface area contributed by atoms with Crippen LogP contribution in [0.1, 0.15) is 42.4 Å². The van der Waals surface area contributed by atoms with Gasteiger partial charge >= 0.3 is 0 Å². The molecule has 0 spiro atoms. The molecule has 0 amide bonds. The highest BCUT2D eigenvalue weighted by Crippen LogP contribution is 2.29. The van der Waals surface area contributed by atoms with Gasteiger partial charge in [-0.3, -0.25) is 9.30 Å². The highest BCUT2D eigenvalue weighted by atomic mass is 19.3. The van der Waals surface area contributed by atoms with Crippen LogP contribution in [0.15, 0.2) is 36.7 Å². The number of anilines is 1. The standard InChI is InChI=1S/C20H23F3N6O/c1-12(13-3-2-4-14(17(13)21)18(22)23)26-20-25-6-5-16-27-15(11-29(16)20)19(30)28-9-7-24-8-10-28/h2-6,11-12,18-19,24,30H,7-10H2,1H3,(H,25,26)/t12-,19?/m1/s1. The second-order valence-electron chi connectivity index (χ2n) is 7.24. The fraction of sp³-hybridized carbons (Fsp3) is 0.400. The first-order chi connectivity index (χ1) is 14.5. The number of alkyl halides is 2. The van der Waals surface area contributed by atoms with E-state index in [9.17, 15) is 18.3 Å². The average Bonchev–Trinajstić information content (AvgIpc) is 3.19. The third kappa shape index (κ3) is 3.98. The van der Waals surface area contributed by atoms with Gasteiger partial charge in [0.2, 0.25) is 5.95 Å². The van der Waals surface area contributed by atoms with Crippen molar-refractivity contribution in [2.75, 3.05) is 31.5 Å². The van der Waals surface area contributed by atoms with E-state index in [4.69, 9.17) is 0 Å². The summed E-state index contributed by atoms with van der Waals surface area (Å²) in [7, 11) is 0. The minimum atomic E-state index is -2.89. The fourth-order valence-corrected chi connectivity index (χ4v) is 3.63. The van der Waals surface area contributed by atoms with Crippen LogP contribution in [-0.4, -0.2) is 50.6 Å². The van der Waals surface area contributed by atoms with Crippen LogP contribution in [0.4, 0.5) is 19.1 Å². The van der Waals surface area contributed by atoms with Gasteiger partial charge < -0.3 is 15.7 Å². The van der Waals surface area contributed by atoms with Gasteiger partial charge in [0.15, 0.2) is 6.23 Å². The van der Waals surface area contributed by atoms with E-state index in [2.05, 4.69) is 20.6 Å². The van der Waals surface area contributed by atoms with E-state index in [-0.39, 0.29) is 5.56 Å². The molecule has 0 bridgehead atoms. The molecule has 4 rings (SSSR count). The smallest absolute Gasteiger partial charge is 0.266 e. The molecule has 1 aliphatic heterocycles. The lowest BCUT2D eigenvalue weighted by atomic mass is 10.0. The van der Waals surface area contributed by atoms with Gasteiger partial charge in [-0.25, -0.2) is 23.1 Å². The first-order valence-electron chi connectivity index (χ1n) is 9.75. The molecule has 1 aliphatic rings. The van der Waals surface area contributed by atoms with E-state index in [1.807, 2.05) is 4.90 Å². The number of aromatic nitrogens is 3. The van der Waals surface area contributed by atoms with E-state index >= 15 is 0 Å². The first kappa shape index (κ1) is 20.6. The minimum absolute atomic E-state index is 0.118. The van der Waals surface area contributed by atoms with Gasteiger partial charge in [0, 0.05) is 44.1 Å². The minimum Gasteiger partial charge on any atom is -0.372 e. The van der Waals surface area contributed by atoms with Gasteiger partial charge in [0.25, 0.3) is 6.43 Å². The Balaban J connectivity index is 1.60. The van der Waals surface area contributed by atoms with Crippen LogP contribution in [0.3, 0.4) is 0 Å². The summed E-state index contributed by atoms with van der Waals surface area (Å²) in [6.45, 7) is 4.66. The van der Waals surface area contributed by atoms with Crippen LogP contribution >= 0.6 is 0 Å². The summed E-state index contributed by atoms with van der Waals surface area (Å²) in [5.74, 6) is -0.562. The molecule has 7 nitrogen and oxygen atoms in total. The van der Waals surface area contributed by atoms with Crippen molar-refractivity contribution >= 4 is 11.6 Å². The maximum absolute atomic E-state index is 14.5. The Labute approximate surface area is 171 Å². The Morgan fingerprint density at radius 3 is 2.63 bits per heavy atom. The van der Waals surface area contributed by atoms with Crippen LogP contribution < -0.4 is 10.6 Å². The molecule has 160 valence electrons. The summed E-state index contributed by atoms with van der Waals surface area (Å²) in [5, 5.41) is 17.0. The summed E-state index contributed by atoms with van der Waals surface area (Å²) in [4.78, 5) is 10.7. The number of fused-ring (bicyclic) bond motifs is 1. The van der Waals surface area contributed by atoms with E-state index in [1.165, 1.54) is 12.1 Å². The van der Waals surface area contributed by atoms with Gasteiger partial charge in [-0.1, -0.05) is 18.2 Å². The molecule has 3 N–H and O–H groups in total. The summed E-state index contributed by atoms with van der Waals surface area (Å²) in [6.07, 6.45) is -0.515. The third-order valence-electron chi connectivity index (χ3n) is 5.27. The van der Waals surface area contributed by atoms with E-state index in [0.717, 1.165) is 19.2 Å². The first-order valence-corrected chi connectivity index (χ1v) is 9.75. The van der Waals surface area contributed by atoms with Gasteiger partial charge in [0.1, 0.15) is 17.2 Å². The molecule has 3 heterocycles. The van der Waals surface area contributed by atoms with Crippen molar-refractivity contribution in [2.24, 2.45) is 0 Å². The summed E-state index contributed by atoms with van der Waals surface area (Å²) in [5.41, 5.74) is 0.529. The summed E-state index contributed by atoms with van der Waals surface area (Å²) < 4.78 is 42.2. The van der Waals surface area contributed by atoms with Crippen molar-refractivity contribution < 1.29 is 18.3 Å². The number of nitrogens with zero attached hydrogens (tertiary/aromatic N) is 4. The summed E-state index contributed by atoms with van der Waals surface area (Å²) >= 11 is 0. The molecule has 1 unspecified atom stereocenters. The topological polar surface area (TPSA) is 77.7 Å². The molecular weight excluding hydrogens is 397 g/mol. The number of nitrogens with one attached hydrogen (secondary N) is 2. The zero-order valence-electron chi connectivity index (χ0n) is 16.4. The molecule has 0 aliphatic carbocycles. The Kier molecular flexibility index (Phi) is 5.89. The number of aliphatic hydroxyl groups excluding tert-OH is 1. The van der Waals surface area contributed by atoms with Crippen LogP contribution in [-0.2, 0) is 0 Å². The van der Waals surface area contributed by atoms with Crippen molar-refractivity contribution in [1.82, 2.24) is 24.6 Å². The van der Waals surface area contributed by atoms with Gasteiger partial charge in [0.05, 0.1) is 11.6 Å². The molecule has 3 aromatic rings. The number of imidazole rings is 1. The van der Waals surface area contributed by atoms with E-state index in [1.54, 1.807) is 29.8 Å². The lowest BCUT2D eigenvalue weighted by Crippen LogP contribution is -2.45. The average molecular weight is 420 g/mol. The third-order valence-corrected chi connectivity index (χ3v) is 5.27. The fourth-order valence-electron chi connectivity index (χ4n) is 3.63. The SMILES string of the molecule is C[C@@H](Nc1nccc2nc(C(O)N3CCNCC3)cn12)c1cccc(C(F)F)c1F. The lowest BCUT2D eigenvalue weighted by Gasteiger charge is -2.30. The zero-order valence-corrected chi connectivity index (χ0v) is 16.4. The Bertz CT molecular complexity index is 1020. The van der Waals surface area contributed by atoms with Gasteiger partial charge in [-0.2, -0.15) is 0 Å². The Morgan fingerprint density at radius 1 is 1.17 bits per heavy atom. The number of hydrogen-bond donors (Lipinski definition) is 3. The Morgan fingerprint density at radius 2 is 1.90 bits per heavy atom. The largest absolute Gasteiger partial charge is 0.372 e. The predicted molar refractivity (Wildman–Crippen MR) is 106 cm³/mol. The molecule has 0 radical (unpaired) electrons. The monoisotopic (exact) mass is 420 g/mol. The number of hydrogen-bond acceptors (Lipinski definition) is 6. The maximum atomic E-state index is 14.5. The maximum Gasteiger partial charge on any atom is 0.266 e. The molecule has 1 aromatic carbocycles. The van der Waals surface area contributed by atoms with E-state index < -0.39 is 30.1 Å². The number of benzene rings is 1. The zero-order chi connectivity index (χ0) is 21.3. The van der Waals surface area contributed by atoms with E-state index in [0.29, 0.717) is 30.4 Å². The van der Waals surface area contributed by atoms with Crippen LogP contribution in [0.5, 0.6) is 0 Å². The molecule has 10 heteroatoms. The molecular formula is C20H23F3N6O. The van der Waals surface area contributed by atoms with Gasteiger partial charge in [-0.05, 0) is 13.0 Å². The number of piperazine rings is 1. The number of halogens is 3. The number of aliphatic hydroxyl groups is 1. The molecule has 1 fully saturated rings. The lowest BCUT2D eigenvalue weighted by molar-refractivity contribution is -0.00819. The van der Waals surface area contributed by atoms with Crippen LogP contribution in [0, 0.1) is 5.82 Å². The van der Waals surface area contributed by atoms with Crippen LogP contribution in [0.2, 0.25) is 0 Å². The van der Waals surface area contributed by atoms with Crippen molar-refractivity contribution in [3.63, 3.8) is 0 Å². The Hall–Kier alpha value is -2.69. The number of rotatable bonds is 6. The highest BCUT2D eigenvalue weighted by Gasteiger charge is 2.23. The molecule has 2 atom stereocenters. The second kappa shape index (κ2) is 8.58. The van der Waals surface area contributed by atoms with Gasteiger partial charge in [-0.15, -0.1) is 0 Å². The molecule has 30 heavy (non-hydrogen) atoms. The quantitative estimate of drug-likeness (QED) is 0.569. The second-order valence-corrected chi connectivity index (χ2v) is 7.24. The van der Waals surface area contributed by atoms with Crippen LogP contribution in [0.25, 0.3) is 5.65 Å². The highest BCUT2D eigenvalue weighted by molar-refractivity contribution is 5.48.